The van der Waals surface area contributed by atoms with Crippen LogP contribution < -0.4 is 5.73 Å². The lowest BCUT2D eigenvalue weighted by atomic mass is 10.0. The average Bonchev–Trinajstić information content (AvgIpc) is 2.71. The van der Waals surface area contributed by atoms with Gasteiger partial charge in [-0.15, -0.1) is 0 Å². The van der Waals surface area contributed by atoms with Gasteiger partial charge in [-0.25, -0.2) is 0 Å². The highest BCUT2D eigenvalue weighted by Crippen LogP contribution is 2.27. The van der Waals surface area contributed by atoms with E-state index >= 15 is 0 Å². The molecule has 0 aliphatic rings. The first-order valence-corrected chi connectivity index (χ1v) is 5.67. The van der Waals surface area contributed by atoms with Gasteiger partial charge in [0.15, 0.2) is 0 Å². The maximum Gasteiger partial charge on any atom is 0.0705 e. The van der Waals surface area contributed by atoms with E-state index in [2.05, 4.69) is 18.0 Å². The second-order valence-corrected chi connectivity index (χ2v) is 4.20. The first kappa shape index (κ1) is 11.2. The van der Waals surface area contributed by atoms with Crippen LogP contribution >= 0.6 is 0 Å². The Labute approximate surface area is 95.3 Å². The smallest absolute Gasteiger partial charge is 0.0705 e. The second kappa shape index (κ2) is 4.28. The fourth-order valence-corrected chi connectivity index (χ4v) is 2.07. The van der Waals surface area contributed by atoms with Gasteiger partial charge in [-0.05, 0) is 24.5 Å². The van der Waals surface area contributed by atoms with Crippen molar-refractivity contribution in [1.29, 1.82) is 0 Å². The number of hydrogen-bond donors (Lipinski definition) is 3. The van der Waals surface area contributed by atoms with E-state index in [0.29, 0.717) is 0 Å². The van der Waals surface area contributed by atoms with Crippen LogP contribution in [0.1, 0.15) is 31.0 Å². The molecule has 3 nitrogen and oxygen atoms in total. The van der Waals surface area contributed by atoms with Crippen molar-refractivity contribution in [2.75, 3.05) is 0 Å². The van der Waals surface area contributed by atoms with Crippen LogP contribution in [0.3, 0.4) is 0 Å². The Hall–Kier alpha value is -1.32. The predicted octanol–water partition coefficient (Wildman–Crippen LogP) is 2.11. The highest BCUT2D eigenvalue weighted by molar-refractivity contribution is 5.86. The van der Waals surface area contributed by atoms with Crippen LogP contribution in [0.5, 0.6) is 0 Å². The SMILES string of the molecule is CCc1cccc2c(C(N)C(C)O)c[nH]c12. The number of nitrogens with two attached hydrogens (primary N) is 1. The van der Waals surface area contributed by atoms with Crippen molar-refractivity contribution in [1.82, 2.24) is 4.98 Å². The number of fused-ring (bicyclic) bond motifs is 1. The number of benzene rings is 1. The normalized spacial score (nSPS) is 15.2. The second-order valence-electron chi connectivity index (χ2n) is 4.20. The highest BCUT2D eigenvalue weighted by atomic mass is 16.3. The number of H-pyrrole nitrogens is 1. The van der Waals surface area contributed by atoms with E-state index in [1.165, 1.54) is 5.56 Å². The molecule has 86 valence electrons. The van der Waals surface area contributed by atoms with Crippen LogP contribution in [0.2, 0.25) is 0 Å². The third-order valence-electron chi connectivity index (χ3n) is 3.09. The number of aryl methyl sites for hydroxylation is 1. The van der Waals surface area contributed by atoms with E-state index in [9.17, 15) is 5.11 Å². The van der Waals surface area contributed by atoms with Gasteiger partial charge in [-0.1, -0.05) is 25.1 Å². The summed E-state index contributed by atoms with van der Waals surface area (Å²) in [6.45, 7) is 3.84. The van der Waals surface area contributed by atoms with Gasteiger partial charge < -0.3 is 15.8 Å². The van der Waals surface area contributed by atoms with Gasteiger partial charge in [-0.2, -0.15) is 0 Å². The van der Waals surface area contributed by atoms with E-state index in [4.69, 9.17) is 5.73 Å². The molecule has 4 N–H and O–H groups in total. The summed E-state index contributed by atoms with van der Waals surface area (Å²) >= 11 is 0. The van der Waals surface area contributed by atoms with Crippen molar-refractivity contribution in [3.63, 3.8) is 0 Å². The quantitative estimate of drug-likeness (QED) is 0.739. The van der Waals surface area contributed by atoms with Crippen molar-refractivity contribution in [3.8, 4) is 0 Å². The number of aliphatic hydroxyl groups is 1. The maximum atomic E-state index is 9.54. The summed E-state index contributed by atoms with van der Waals surface area (Å²) in [5.41, 5.74) is 9.37. The van der Waals surface area contributed by atoms with Gasteiger partial charge in [0.2, 0.25) is 0 Å². The minimum absolute atomic E-state index is 0.333. The average molecular weight is 218 g/mol. The molecule has 2 aromatic rings. The summed E-state index contributed by atoms with van der Waals surface area (Å²) in [5.74, 6) is 0. The number of para-hydroxylation sites is 1. The fraction of sp³-hybridized carbons (Fsp3) is 0.385. The molecular weight excluding hydrogens is 200 g/mol. The van der Waals surface area contributed by atoms with E-state index in [0.717, 1.165) is 22.9 Å². The van der Waals surface area contributed by atoms with Gasteiger partial charge in [0, 0.05) is 17.1 Å². The minimum Gasteiger partial charge on any atom is -0.391 e. The van der Waals surface area contributed by atoms with Crippen molar-refractivity contribution < 1.29 is 5.11 Å². The standard InChI is InChI=1S/C13H18N2O/c1-3-9-5-4-6-10-11(7-15-13(9)10)12(14)8(2)16/h4-8,12,15-16H,3,14H2,1-2H3. The van der Waals surface area contributed by atoms with Gasteiger partial charge in [-0.3, -0.25) is 0 Å². The molecule has 0 saturated carbocycles. The first-order chi connectivity index (χ1) is 7.65. The summed E-state index contributed by atoms with van der Waals surface area (Å²) in [6.07, 6.45) is 2.35. The van der Waals surface area contributed by atoms with E-state index in [1.54, 1.807) is 6.92 Å². The van der Waals surface area contributed by atoms with Crippen molar-refractivity contribution >= 4 is 10.9 Å². The van der Waals surface area contributed by atoms with Gasteiger partial charge in [0.25, 0.3) is 0 Å². The summed E-state index contributed by atoms with van der Waals surface area (Å²) < 4.78 is 0. The molecule has 1 aromatic carbocycles. The Morgan fingerprint density at radius 2 is 2.19 bits per heavy atom. The molecule has 2 rings (SSSR count). The zero-order chi connectivity index (χ0) is 11.7. The molecule has 0 radical (unpaired) electrons. The lowest BCUT2D eigenvalue weighted by Gasteiger charge is -2.13. The van der Waals surface area contributed by atoms with Crippen LogP contribution in [0.4, 0.5) is 0 Å². The fourth-order valence-electron chi connectivity index (χ4n) is 2.07. The minimum atomic E-state index is -0.538. The first-order valence-electron chi connectivity index (χ1n) is 5.67. The Balaban J connectivity index is 2.57. The molecule has 0 aliphatic carbocycles. The molecule has 0 spiro atoms. The molecule has 2 atom stereocenters. The predicted molar refractivity (Wildman–Crippen MR) is 66.3 cm³/mol. The third-order valence-corrected chi connectivity index (χ3v) is 3.09. The molecule has 3 heteroatoms. The molecule has 0 saturated heterocycles. The molecule has 1 heterocycles. The van der Waals surface area contributed by atoms with Crippen LogP contribution in [-0.4, -0.2) is 16.2 Å². The molecule has 0 amide bonds. The van der Waals surface area contributed by atoms with Gasteiger partial charge in [0.1, 0.15) is 0 Å². The molecule has 0 aliphatic heterocycles. The number of aromatic amines is 1. The summed E-state index contributed by atoms with van der Waals surface area (Å²) in [7, 11) is 0. The molecule has 1 aromatic heterocycles. The van der Waals surface area contributed by atoms with Crippen LogP contribution in [-0.2, 0) is 6.42 Å². The monoisotopic (exact) mass is 218 g/mol. The maximum absolute atomic E-state index is 9.54. The number of hydrogen-bond acceptors (Lipinski definition) is 2. The molecule has 0 bridgehead atoms. The summed E-state index contributed by atoms with van der Waals surface area (Å²) in [5, 5.41) is 10.7. The number of aromatic nitrogens is 1. The molecule has 16 heavy (non-hydrogen) atoms. The summed E-state index contributed by atoms with van der Waals surface area (Å²) in [4.78, 5) is 3.25. The molecule has 2 unspecified atom stereocenters. The molecule has 0 fully saturated rings. The lowest BCUT2D eigenvalue weighted by Crippen LogP contribution is -2.22. The van der Waals surface area contributed by atoms with Crippen LogP contribution in [0, 0.1) is 0 Å². The van der Waals surface area contributed by atoms with Crippen molar-refractivity contribution in [2.24, 2.45) is 5.73 Å². The Morgan fingerprint density at radius 3 is 2.81 bits per heavy atom. The Bertz CT molecular complexity index is 488. The Morgan fingerprint density at radius 1 is 1.44 bits per heavy atom. The van der Waals surface area contributed by atoms with E-state index in [-0.39, 0.29) is 6.04 Å². The van der Waals surface area contributed by atoms with Gasteiger partial charge in [0.05, 0.1) is 12.1 Å². The third kappa shape index (κ3) is 1.72. The number of rotatable bonds is 3. The topological polar surface area (TPSA) is 62.0 Å². The van der Waals surface area contributed by atoms with Crippen molar-refractivity contribution in [2.45, 2.75) is 32.4 Å². The Kier molecular flexibility index (Phi) is 2.99. The lowest BCUT2D eigenvalue weighted by molar-refractivity contribution is 0.165. The zero-order valence-corrected chi connectivity index (χ0v) is 9.70. The van der Waals surface area contributed by atoms with E-state index in [1.807, 2.05) is 18.3 Å². The van der Waals surface area contributed by atoms with E-state index < -0.39 is 6.10 Å². The largest absolute Gasteiger partial charge is 0.391 e. The number of aliphatic hydroxyl groups excluding tert-OH is 1. The zero-order valence-electron chi connectivity index (χ0n) is 9.70. The summed E-state index contributed by atoms with van der Waals surface area (Å²) in [6, 6.07) is 5.85. The van der Waals surface area contributed by atoms with Crippen LogP contribution in [0.15, 0.2) is 24.4 Å². The van der Waals surface area contributed by atoms with Crippen molar-refractivity contribution in [3.05, 3.63) is 35.5 Å². The van der Waals surface area contributed by atoms with Gasteiger partial charge >= 0.3 is 0 Å². The highest BCUT2D eigenvalue weighted by Gasteiger charge is 2.16. The number of nitrogens with one attached hydrogen (secondary N) is 1. The van der Waals surface area contributed by atoms with Crippen LogP contribution in [0.25, 0.3) is 10.9 Å². The molecular formula is C13H18N2O.